The summed E-state index contributed by atoms with van der Waals surface area (Å²) in [6, 6.07) is 12.2. The lowest BCUT2D eigenvalue weighted by Crippen LogP contribution is -2.21. The van der Waals surface area contributed by atoms with Gasteiger partial charge in [0.25, 0.3) is 5.91 Å². The highest BCUT2D eigenvalue weighted by Crippen LogP contribution is 2.29. The van der Waals surface area contributed by atoms with Crippen LogP contribution in [0.3, 0.4) is 0 Å². The highest BCUT2D eigenvalue weighted by Gasteiger charge is 2.15. The van der Waals surface area contributed by atoms with Crippen molar-refractivity contribution in [1.82, 2.24) is 0 Å². The van der Waals surface area contributed by atoms with Crippen LogP contribution in [0, 0.1) is 3.57 Å². The number of rotatable bonds is 9. The van der Waals surface area contributed by atoms with E-state index in [-0.39, 0.29) is 6.61 Å². The number of amides is 1. The lowest BCUT2D eigenvalue weighted by Gasteiger charge is -2.13. The Morgan fingerprint density at radius 2 is 1.81 bits per heavy atom. The van der Waals surface area contributed by atoms with Gasteiger partial charge in [-0.2, -0.15) is 0 Å². The Balaban J connectivity index is 1.97. The second kappa shape index (κ2) is 10.8. The van der Waals surface area contributed by atoms with Crippen LogP contribution in [0.1, 0.15) is 30.6 Å². The van der Waals surface area contributed by atoms with Crippen molar-refractivity contribution >= 4 is 40.2 Å². The van der Waals surface area contributed by atoms with Crippen molar-refractivity contribution in [2.45, 2.75) is 20.3 Å². The van der Waals surface area contributed by atoms with Gasteiger partial charge in [-0.25, -0.2) is 4.79 Å². The summed E-state index contributed by atoms with van der Waals surface area (Å²) in [5.74, 6) is 0.0478. The fourth-order valence-corrected chi connectivity index (χ4v) is 2.72. The average Bonchev–Trinajstić information content (AvgIpc) is 2.67. The molecule has 0 unspecified atom stereocenters. The molecule has 0 fully saturated rings. The molecule has 7 heteroatoms. The summed E-state index contributed by atoms with van der Waals surface area (Å²) in [5.41, 5.74) is 0.972. The molecule has 0 saturated carbocycles. The molecule has 144 valence electrons. The maximum Gasteiger partial charge on any atom is 0.338 e. The second-order valence-corrected chi connectivity index (χ2v) is 6.71. The number of hydrogen-bond donors (Lipinski definition) is 1. The highest BCUT2D eigenvalue weighted by molar-refractivity contribution is 14.1. The minimum absolute atomic E-state index is 0.296. The van der Waals surface area contributed by atoms with E-state index in [9.17, 15) is 9.59 Å². The third-order valence-corrected chi connectivity index (χ3v) is 4.36. The zero-order valence-corrected chi connectivity index (χ0v) is 17.4. The van der Waals surface area contributed by atoms with Crippen LogP contribution < -0.4 is 14.8 Å². The van der Waals surface area contributed by atoms with Crippen molar-refractivity contribution < 1.29 is 23.8 Å². The van der Waals surface area contributed by atoms with E-state index >= 15 is 0 Å². The number of anilines is 1. The number of esters is 1. The monoisotopic (exact) mass is 483 g/mol. The number of para-hydroxylation sites is 1. The molecule has 2 rings (SSSR count). The van der Waals surface area contributed by atoms with Crippen LogP contribution in [0.25, 0.3) is 0 Å². The summed E-state index contributed by atoms with van der Waals surface area (Å²) < 4.78 is 17.1. The van der Waals surface area contributed by atoms with Gasteiger partial charge in [0.2, 0.25) is 0 Å². The molecule has 6 nitrogen and oxygen atoms in total. The molecule has 0 aliphatic rings. The van der Waals surface area contributed by atoms with Crippen LogP contribution in [-0.2, 0) is 9.53 Å². The molecule has 0 radical (unpaired) electrons. The SMILES string of the molecule is CCCOc1ccc(C(=O)OCC(=O)Nc2ccccc2I)cc1OCC. The summed E-state index contributed by atoms with van der Waals surface area (Å²) in [6.07, 6.45) is 0.866. The van der Waals surface area contributed by atoms with E-state index in [1.165, 1.54) is 0 Å². The molecular weight excluding hydrogens is 461 g/mol. The standard InChI is InChI=1S/C20H22INO5/c1-3-11-26-17-10-9-14(12-18(17)25-4-2)20(24)27-13-19(23)22-16-8-6-5-7-15(16)21/h5-10,12H,3-4,11,13H2,1-2H3,(H,22,23). The number of nitrogens with one attached hydrogen (secondary N) is 1. The Labute approximate surface area is 172 Å². The van der Waals surface area contributed by atoms with Gasteiger partial charge >= 0.3 is 5.97 Å². The number of ether oxygens (including phenoxy) is 3. The summed E-state index contributed by atoms with van der Waals surface area (Å²) >= 11 is 2.12. The normalized spacial score (nSPS) is 10.2. The largest absolute Gasteiger partial charge is 0.490 e. The van der Waals surface area contributed by atoms with Gasteiger partial charge in [-0.1, -0.05) is 19.1 Å². The van der Waals surface area contributed by atoms with Crippen molar-refractivity contribution in [1.29, 1.82) is 0 Å². The van der Waals surface area contributed by atoms with Crippen molar-refractivity contribution in [2.24, 2.45) is 0 Å². The lowest BCUT2D eigenvalue weighted by molar-refractivity contribution is -0.119. The van der Waals surface area contributed by atoms with Gasteiger partial charge in [0.15, 0.2) is 18.1 Å². The minimum Gasteiger partial charge on any atom is -0.490 e. The van der Waals surface area contributed by atoms with Gasteiger partial charge in [-0.15, -0.1) is 0 Å². The highest BCUT2D eigenvalue weighted by atomic mass is 127. The number of benzene rings is 2. The van der Waals surface area contributed by atoms with Gasteiger partial charge in [0.1, 0.15) is 0 Å². The Morgan fingerprint density at radius 1 is 1.04 bits per heavy atom. The maximum atomic E-state index is 12.3. The van der Waals surface area contributed by atoms with E-state index in [1.807, 2.05) is 32.0 Å². The minimum atomic E-state index is -0.601. The summed E-state index contributed by atoms with van der Waals surface area (Å²) in [6.45, 7) is 4.49. The Bertz CT molecular complexity index is 794. The van der Waals surface area contributed by atoms with Crippen molar-refractivity contribution in [3.63, 3.8) is 0 Å². The maximum absolute atomic E-state index is 12.3. The molecule has 0 heterocycles. The van der Waals surface area contributed by atoms with Gasteiger partial charge in [0, 0.05) is 3.57 Å². The molecule has 0 bridgehead atoms. The smallest absolute Gasteiger partial charge is 0.338 e. The van der Waals surface area contributed by atoms with E-state index in [4.69, 9.17) is 14.2 Å². The molecule has 2 aromatic carbocycles. The fourth-order valence-electron chi connectivity index (χ4n) is 2.20. The third kappa shape index (κ3) is 6.42. The number of halogens is 1. The first-order valence-corrected chi connectivity index (χ1v) is 9.74. The lowest BCUT2D eigenvalue weighted by atomic mass is 10.2. The van der Waals surface area contributed by atoms with Crippen LogP contribution in [0.15, 0.2) is 42.5 Å². The van der Waals surface area contributed by atoms with Crippen LogP contribution in [0.5, 0.6) is 11.5 Å². The molecule has 1 N–H and O–H groups in total. The van der Waals surface area contributed by atoms with Crippen molar-refractivity contribution in [3.8, 4) is 11.5 Å². The third-order valence-electron chi connectivity index (χ3n) is 3.42. The average molecular weight is 483 g/mol. The number of hydrogen-bond acceptors (Lipinski definition) is 5. The van der Waals surface area contributed by atoms with Gasteiger partial charge in [0.05, 0.1) is 24.5 Å². The van der Waals surface area contributed by atoms with Crippen LogP contribution in [0.2, 0.25) is 0 Å². The van der Waals surface area contributed by atoms with E-state index < -0.39 is 11.9 Å². The molecule has 1 amide bonds. The topological polar surface area (TPSA) is 73.9 Å². The molecule has 27 heavy (non-hydrogen) atoms. The Morgan fingerprint density at radius 3 is 2.52 bits per heavy atom. The molecule has 0 aliphatic heterocycles. The van der Waals surface area contributed by atoms with Gasteiger partial charge in [-0.3, -0.25) is 4.79 Å². The molecular formula is C20H22INO5. The summed E-state index contributed by atoms with van der Waals surface area (Å²) in [4.78, 5) is 24.3. The predicted molar refractivity (Wildman–Crippen MR) is 111 cm³/mol. The zero-order chi connectivity index (χ0) is 19.6. The van der Waals surface area contributed by atoms with Crippen LogP contribution in [0.4, 0.5) is 5.69 Å². The molecule has 0 aliphatic carbocycles. The number of carbonyl (C=O) groups is 2. The van der Waals surface area contributed by atoms with Crippen LogP contribution >= 0.6 is 22.6 Å². The van der Waals surface area contributed by atoms with E-state index in [0.29, 0.717) is 36.0 Å². The first kappa shape index (κ1) is 21.0. The first-order valence-electron chi connectivity index (χ1n) is 8.66. The number of carbonyl (C=O) groups excluding carboxylic acids is 2. The van der Waals surface area contributed by atoms with Crippen LogP contribution in [-0.4, -0.2) is 31.7 Å². The summed E-state index contributed by atoms with van der Waals surface area (Å²) in [5, 5.41) is 2.71. The first-order chi connectivity index (χ1) is 13.0. The van der Waals surface area contributed by atoms with Crippen molar-refractivity contribution in [3.05, 3.63) is 51.6 Å². The van der Waals surface area contributed by atoms with Gasteiger partial charge < -0.3 is 19.5 Å². The zero-order valence-electron chi connectivity index (χ0n) is 15.3. The molecule has 0 saturated heterocycles. The van der Waals surface area contributed by atoms with E-state index in [1.54, 1.807) is 24.3 Å². The quantitative estimate of drug-likeness (QED) is 0.426. The molecule has 0 spiro atoms. The molecule has 2 aromatic rings. The van der Waals surface area contributed by atoms with E-state index in [2.05, 4.69) is 27.9 Å². The van der Waals surface area contributed by atoms with Crippen molar-refractivity contribution in [2.75, 3.05) is 25.1 Å². The van der Waals surface area contributed by atoms with E-state index in [0.717, 1.165) is 9.99 Å². The Hall–Kier alpha value is -2.29. The predicted octanol–water partition coefficient (Wildman–Crippen LogP) is 4.27. The van der Waals surface area contributed by atoms with Gasteiger partial charge in [-0.05, 0) is 66.3 Å². The Kier molecular flexibility index (Phi) is 8.38. The fraction of sp³-hybridized carbons (Fsp3) is 0.300. The molecule has 0 aromatic heterocycles. The summed E-state index contributed by atoms with van der Waals surface area (Å²) in [7, 11) is 0. The molecule has 0 atom stereocenters. The second-order valence-electron chi connectivity index (χ2n) is 5.55.